The van der Waals surface area contributed by atoms with Crippen molar-refractivity contribution >= 4 is 5.91 Å². The van der Waals surface area contributed by atoms with Gasteiger partial charge in [-0.3, -0.25) is 4.79 Å². The molecule has 1 rings (SSSR count). The molecule has 3 nitrogen and oxygen atoms in total. The maximum absolute atomic E-state index is 12.1. The molecule has 0 aliphatic heterocycles. The average Bonchev–Trinajstić information content (AvgIpc) is 2.37. The van der Waals surface area contributed by atoms with Gasteiger partial charge in [0.2, 0.25) is 5.91 Å². The maximum Gasteiger partial charge on any atom is 0.239 e. The highest BCUT2D eigenvalue weighted by molar-refractivity contribution is 5.81. The first-order valence-electron chi connectivity index (χ1n) is 6.19. The Bertz CT molecular complexity index is 337. The predicted molar refractivity (Wildman–Crippen MR) is 70.7 cm³/mol. The minimum atomic E-state index is -0.120. The standard InChI is InChI=1S/C14H22N2O/c1-4-10-16(14(17)12(2)15-3)11-13-8-6-5-7-9-13/h5-9,12,15H,4,10-11H2,1-3H3. The van der Waals surface area contributed by atoms with Gasteiger partial charge in [0.15, 0.2) is 0 Å². The van der Waals surface area contributed by atoms with Crippen molar-refractivity contribution in [3.8, 4) is 0 Å². The van der Waals surface area contributed by atoms with E-state index >= 15 is 0 Å². The van der Waals surface area contributed by atoms with Gasteiger partial charge in [-0.15, -0.1) is 0 Å². The van der Waals surface area contributed by atoms with Crippen LogP contribution >= 0.6 is 0 Å². The minimum absolute atomic E-state index is 0.120. The van der Waals surface area contributed by atoms with E-state index in [1.54, 1.807) is 0 Å². The van der Waals surface area contributed by atoms with Crippen LogP contribution in [0.25, 0.3) is 0 Å². The second-order valence-corrected chi connectivity index (χ2v) is 4.26. The van der Waals surface area contributed by atoms with E-state index in [4.69, 9.17) is 0 Å². The zero-order chi connectivity index (χ0) is 12.7. The van der Waals surface area contributed by atoms with Crippen molar-refractivity contribution < 1.29 is 4.79 Å². The molecule has 1 aromatic carbocycles. The van der Waals surface area contributed by atoms with E-state index in [-0.39, 0.29) is 11.9 Å². The second-order valence-electron chi connectivity index (χ2n) is 4.26. The van der Waals surface area contributed by atoms with Crippen LogP contribution in [0.1, 0.15) is 25.8 Å². The van der Waals surface area contributed by atoms with Crippen LogP contribution in [-0.4, -0.2) is 30.4 Å². The fraction of sp³-hybridized carbons (Fsp3) is 0.500. The van der Waals surface area contributed by atoms with Gasteiger partial charge in [0.1, 0.15) is 0 Å². The molecule has 1 aromatic rings. The summed E-state index contributed by atoms with van der Waals surface area (Å²) in [7, 11) is 1.81. The van der Waals surface area contributed by atoms with Crippen LogP contribution in [-0.2, 0) is 11.3 Å². The fourth-order valence-electron chi connectivity index (χ4n) is 1.74. The number of carbonyl (C=O) groups is 1. The molecule has 0 heterocycles. The normalized spacial score (nSPS) is 12.2. The summed E-state index contributed by atoms with van der Waals surface area (Å²) in [5, 5.41) is 3.00. The first-order chi connectivity index (χ1) is 8.19. The van der Waals surface area contributed by atoms with E-state index in [1.807, 2.05) is 37.1 Å². The molecular weight excluding hydrogens is 212 g/mol. The topological polar surface area (TPSA) is 32.3 Å². The van der Waals surface area contributed by atoms with Gasteiger partial charge < -0.3 is 10.2 Å². The van der Waals surface area contributed by atoms with Crippen molar-refractivity contribution in [2.45, 2.75) is 32.9 Å². The van der Waals surface area contributed by atoms with E-state index < -0.39 is 0 Å². The highest BCUT2D eigenvalue weighted by Crippen LogP contribution is 2.07. The number of amides is 1. The van der Waals surface area contributed by atoms with Gasteiger partial charge in [-0.2, -0.15) is 0 Å². The largest absolute Gasteiger partial charge is 0.337 e. The van der Waals surface area contributed by atoms with Crippen LogP contribution in [0.3, 0.4) is 0 Å². The molecule has 1 atom stereocenters. The number of likely N-dealkylation sites (N-methyl/N-ethyl adjacent to an activating group) is 1. The summed E-state index contributed by atoms with van der Waals surface area (Å²) < 4.78 is 0. The van der Waals surface area contributed by atoms with Crippen LogP contribution in [0, 0.1) is 0 Å². The Balaban J connectivity index is 2.69. The number of rotatable bonds is 6. The van der Waals surface area contributed by atoms with Crippen LogP contribution in [0.5, 0.6) is 0 Å². The van der Waals surface area contributed by atoms with Crippen LogP contribution < -0.4 is 5.32 Å². The molecule has 1 amide bonds. The highest BCUT2D eigenvalue weighted by atomic mass is 16.2. The van der Waals surface area contributed by atoms with Crippen molar-refractivity contribution in [1.29, 1.82) is 0 Å². The summed E-state index contributed by atoms with van der Waals surface area (Å²) in [6.07, 6.45) is 0.981. The minimum Gasteiger partial charge on any atom is -0.337 e. The molecule has 94 valence electrons. The Hall–Kier alpha value is -1.35. The molecule has 0 aromatic heterocycles. The van der Waals surface area contributed by atoms with Crippen molar-refractivity contribution in [3.63, 3.8) is 0 Å². The first-order valence-corrected chi connectivity index (χ1v) is 6.19. The van der Waals surface area contributed by atoms with Crippen molar-refractivity contribution in [1.82, 2.24) is 10.2 Å². The van der Waals surface area contributed by atoms with Gasteiger partial charge in [0.25, 0.3) is 0 Å². The lowest BCUT2D eigenvalue weighted by atomic mass is 10.2. The molecular formula is C14H22N2O. The smallest absolute Gasteiger partial charge is 0.239 e. The number of hydrogen-bond acceptors (Lipinski definition) is 2. The molecule has 0 aliphatic rings. The van der Waals surface area contributed by atoms with E-state index in [1.165, 1.54) is 5.56 Å². The number of nitrogens with one attached hydrogen (secondary N) is 1. The quantitative estimate of drug-likeness (QED) is 0.817. The molecule has 0 saturated carbocycles. The zero-order valence-corrected chi connectivity index (χ0v) is 10.9. The van der Waals surface area contributed by atoms with Crippen LogP contribution in [0.2, 0.25) is 0 Å². The monoisotopic (exact) mass is 234 g/mol. The molecule has 0 fully saturated rings. The first kappa shape index (κ1) is 13.7. The number of benzene rings is 1. The SMILES string of the molecule is CCCN(Cc1ccccc1)C(=O)C(C)NC. The molecule has 0 saturated heterocycles. The molecule has 0 aliphatic carbocycles. The zero-order valence-electron chi connectivity index (χ0n) is 10.9. The molecule has 0 radical (unpaired) electrons. The molecule has 1 N–H and O–H groups in total. The lowest BCUT2D eigenvalue weighted by molar-refractivity contribution is -0.133. The summed E-state index contributed by atoms with van der Waals surface area (Å²) >= 11 is 0. The van der Waals surface area contributed by atoms with E-state index in [9.17, 15) is 4.79 Å². The lowest BCUT2D eigenvalue weighted by Gasteiger charge is -2.25. The van der Waals surface area contributed by atoms with Gasteiger partial charge in [-0.1, -0.05) is 37.3 Å². The Kier molecular flexibility index (Phi) is 5.70. The maximum atomic E-state index is 12.1. The van der Waals surface area contributed by atoms with Gasteiger partial charge in [0.05, 0.1) is 6.04 Å². The number of carbonyl (C=O) groups excluding carboxylic acids is 1. The summed E-state index contributed by atoms with van der Waals surface area (Å²) in [6, 6.07) is 9.99. The molecule has 17 heavy (non-hydrogen) atoms. The third-order valence-corrected chi connectivity index (χ3v) is 2.82. The molecule has 0 spiro atoms. The summed E-state index contributed by atoms with van der Waals surface area (Å²) in [5.74, 6) is 0.165. The Morgan fingerprint density at radius 1 is 1.35 bits per heavy atom. The molecule has 0 bridgehead atoms. The van der Waals surface area contributed by atoms with Crippen molar-refractivity contribution in [2.75, 3.05) is 13.6 Å². The molecule has 1 unspecified atom stereocenters. The Morgan fingerprint density at radius 3 is 2.53 bits per heavy atom. The van der Waals surface area contributed by atoms with Gasteiger partial charge >= 0.3 is 0 Å². The molecule has 3 heteroatoms. The highest BCUT2D eigenvalue weighted by Gasteiger charge is 2.18. The van der Waals surface area contributed by atoms with Crippen LogP contribution in [0.15, 0.2) is 30.3 Å². The number of nitrogens with zero attached hydrogens (tertiary/aromatic N) is 1. The van der Waals surface area contributed by atoms with Crippen molar-refractivity contribution in [2.24, 2.45) is 0 Å². The van der Waals surface area contributed by atoms with Gasteiger partial charge in [0, 0.05) is 13.1 Å². The third kappa shape index (κ3) is 4.19. The average molecular weight is 234 g/mol. The van der Waals surface area contributed by atoms with E-state index in [0.29, 0.717) is 6.54 Å². The number of hydrogen-bond donors (Lipinski definition) is 1. The van der Waals surface area contributed by atoms with E-state index in [0.717, 1.165) is 13.0 Å². The fourth-order valence-corrected chi connectivity index (χ4v) is 1.74. The van der Waals surface area contributed by atoms with Gasteiger partial charge in [-0.25, -0.2) is 0 Å². The third-order valence-electron chi connectivity index (χ3n) is 2.82. The second kappa shape index (κ2) is 7.07. The predicted octanol–water partition coefficient (Wildman–Crippen LogP) is 2.03. The lowest BCUT2D eigenvalue weighted by Crippen LogP contribution is -2.43. The van der Waals surface area contributed by atoms with Gasteiger partial charge in [-0.05, 0) is 26.0 Å². The van der Waals surface area contributed by atoms with E-state index in [2.05, 4.69) is 24.4 Å². The Labute approximate surface area is 104 Å². The summed E-state index contributed by atoms with van der Waals surface area (Å²) in [6.45, 7) is 5.49. The Morgan fingerprint density at radius 2 is 2.00 bits per heavy atom. The summed E-state index contributed by atoms with van der Waals surface area (Å²) in [4.78, 5) is 14.0. The van der Waals surface area contributed by atoms with Crippen LogP contribution in [0.4, 0.5) is 0 Å². The van der Waals surface area contributed by atoms with Crippen molar-refractivity contribution in [3.05, 3.63) is 35.9 Å². The summed E-state index contributed by atoms with van der Waals surface area (Å²) in [5.41, 5.74) is 1.18.